The van der Waals surface area contributed by atoms with Crippen molar-refractivity contribution in [2.45, 2.75) is 97.7 Å². The van der Waals surface area contributed by atoms with Gasteiger partial charge in [-0.25, -0.2) is 0 Å². The van der Waals surface area contributed by atoms with Gasteiger partial charge in [0.15, 0.2) is 0 Å². The lowest BCUT2D eigenvalue weighted by atomic mass is 9.45. The molecule has 4 N–H and O–H groups in total. The molecule has 3 saturated carbocycles. The summed E-state index contributed by atoms with van der Waals surface area (Å²) in [6.07, 6.45) is 1.54. The van der Waals surface area contributed by atoms with E-state index in [9.17, 15) is 19.8 Å². The van der Waals surface area contributed by atoms with E-state index in [1.54, 1.807) is 12.0 Å². The highest BCUT2D eigenvalue weighted by molar-refractivity contribution is 5.95. The number of likely N-dealkylation sites (N-methyl/N-ethyl adjacent to an activating group) is 1. The van der Waals surface area contributed by atoms with Crippen LogP contribution in [0.5, 0.6) is 0 Å². The third-order valence-electron chi connectivity index (χ3n) is 11.5. The molecule has 1 heterocycles. The number of hydrogen-bond donors (Lipinski definition) is 4. The van der Waals surface area contributed by atoms with Gasteiger partial charge in [0.1, 0.15) is 12.1 Å². The maximum Gasteiger partial charge on any atom is 0.251 e. The number of fused-ring (bicyclic) bond motifs is 2. The fourth-order valence-electron chi connectivity index (χ4n) is 8.81. The van der Waals surface area contributed by atoms with E-state index in [0.717, 1.165) is 36.1 Å². The van der Waals surface area contributed by atoms with Gasteiger partial charge in [0, 0.05) is 30.1 Å². The van der Waals surface area contributed by atoms with Crippen LogP contribution in [0, 0.1) is 35.0 Å². The summed E-state index contributed by atoms with van der Waals surface area (Å²) in [5, 5.41) is 29.2. The Balaban J connectivity index is 1.32. The molecule has 2 aromatic carbocycles. The number of hydrogen-bond acceptors (Lipinski definition) is 7. The van der Waals surface area contributed by atoms with E-state index >= 15 is 0 Å². The summed E-state index contributed by atoms with van der Waals surface area (Å²) < 4.78 is 0. The van der Waals surface area contributed by atoms with Crippen LogP contribution in [0.1, 0.15) is 76.7 Å². The Labute approximate surface area is 287 Å². The molecular formula is C39H58N4O5. The minimum Gasteiger partial charge on any atom is -0.394 e. The summed E-state index contributed by atoms with van der Waals surface area (Å²) in [5.74, 6) is 1.19. The van der Waals surface area contributed by atoms with Crippen LogP contribution >= 0.6 is 0 Å². The van der Waals surface area contributed by atoms with Gasteiger partial charge in [-0.1, -0.05) is 65.0 Å². The number of carbonyl (C=O) groups excluding carboxylic acids is 2. The maximum absolute atomic E-state index is 14.0. The second kappa shape index (κ2) is 15.0. The van der Waals surface area contributed by atoms with Crippen LogP contribution in [0.25, 0.3) is 11.1 Å². The number of benzene rings is 2. The van der Waals surface area contributed by atoms with Crippen molar-refractivity contribution in [3.05, 3.63) is 59.7 Å². The molecule has 2 amide bonds. The number of rotatable bonds is 13. The third-order valence-corrected chi connectivity index (χ3v) is 11.5. The lowest BCUT2D eigenvalue weighted by Crippen LogP contribution is -2.62. The number of amides is 2. The highest BCUT2D eigenvalue weighted by Crippen LogP contribution is 2.61. The van der Waals surface area contributed by atoms with Crippen LogP contribution in [-0.2, 0) is 16.2 Å². The van der Waals surface area contributed by atoms with Crippen LogP contribution in [0.3, 0.4) is 0 Å². The quantitative estimate of drug-likeness (QED) is 0.246. The molecule has 0 aromatic heterocycles. The minimum atomic E-state index is -0.850. The molecule has 2 aromatic rings. The van der Waals surface area contributed by atoms with Crippen molar-refractivity contribution in [2.75, 3.05) is 27.2 Å². The first kappa shape index (κ1) is 36.5. The predicted octanol–water partition coefficient (Wildman–Crippen LogP) is 4.72. The van der Waals surface area contributed by atoms with Crippen LogP contribution in [0.15, 0.2) is 48.5 Å². The Bertz CT molecular complexity index is 1420. The normalized spacial score (nSPS) is 29.4. The van der Waals surface area contributed by atoms with E-state index < -0.39 is 24.2 Å². The Morgan fingerprint density at radius 3 is 2.35 bits per heavy atom. The number of aliphatic hydroxyl groups excluding tert-OH is 2. The molecule has 48 heavy (non-hydrogen) atoms. The van der Waals surface area contributed by atoms with E-state index in [2.05, 4.69) is 50.2 Å². The van der Waals surface area contributed by atoms with Gasteiger partial charge in [-0.15, -0.1) is 0 Å². The Kier molecular flexibility index (Phi) is 11.4. The summed E-state index contributed by atoms with van der Waals surface area (Å²) >= 11 is 0. The standard InChI is InChI=1S/C39H58N4O5/c1-23(2)15-31(21-42(7)8)40-37(46)29-14-10-13-28(17-29)27-12-9-11-26(16-27)20-43-36(35(25(4)45)34(22-44)48-43)38(47)41-33-19-30-18-32(24(33)3)39(30,5)6/h9-14,16-17,23-25,30-36,44-45H,15,18-22H2,1-8H3,(H,40,46)(H,41,47)/t24-,25-,30+,31+,32-,33-,34-,35+,36-/m0/s1. The molecular weight excluding hydrogens is 604 g/mol. The first-order valence-corrected chi connectivity index (χ1v) is 17.9. The maximum atomic E-state index is 14.0. The molecule has 2 bridgehead atoms. The largest absolute Gasteiger partial charge is 0.394 e. The van der Waals surface area contributed by atoms with Gasteiger partial charge in [0.25, 0.3) is 5.91 Å². The Hall–Kier alpha value is -2.82. The first-order valence-electron chi connectivity index (χ1n) is 17.9. The number of hydroxylamine groups is 2. The minimum absolute atomic E-state index is 0.0529. The lowest BCUT2D eigenvalue weighted by Gasteiger charge is -2.62. The summed E-state index contributed by atoms with van der Waals surface area (Å²) in [6, 6.07) is 15.0. The molecule has 3 aliphatic carbocycles. The molecule has 9 atom stereocenters. The Morgan fingerprint density at radius 1 is 1.06 bits per heavy atom. The number of aliphatic hydroxyl groups is 2. The zero-order chi connectivity index (χ0) is 34.9. The second-order valence-electron chi connectivity index (χ2n) is 16.1. The third kappa shape index (κ3) is 7.81. The fourth-order valence-corrected chi connectivity index (χ4v) is 8.81. The molecule has 0 spiro atoms. The highest BCUT2D eigenvalue weighted by Gasteiger charge is 2.57. The van der Waals surface area contributed by atoms with Crippen molar-refractivity contribution >= 4 is 11.8 Å². The van der Waals surface area contributed by atoms with Crippen LogP contribution < -0.4 is 10.6 Å². The molecule has 0 unspecified atom stereocenters. The lowest BCUT2D eigenvalue weighted by molar-refractivity contribution is -0.183. The van der Waals surface area contributed by atoms with Gasteiger partial charge in [0.05, 0.1) is 19.3 Å². The summed E-state index contributed by atoms with van der Waals surface area (Å²) in [7, 11) is 4.03. The van der Waals surface area contributed by atoms with Crippen molar-refractivity contribution in [3.8, 4) is 11.1 Å². The molecule has 0 radical (unpaired) electrons. The molecule has 4 aliphatic rings. The van der Waals surface area contributed by atoms with Gasteiger partial charge < -0.3 is 25.7 Å². The topological polar surface area (TPSA) is 114 Å². The molecule has 9 nitrogen and oxygen atoms in total. The van der Waals surface area contributed by atoms with Gasteiger partial charge in [-0.05, 0) is 104 Å². The van der Waals surface area contributed by atoms with Gasteiger partial charge in [-0.2, -0.15) is 5.06 Å². The van der Waals surface area contributed by atoms with E-state index in [1.165, 1.54) is 6.42 Å². The summed E-state index contributed by atoms with van der Waals surface area (Å²) in [6.45, 7) is 13.7. The first-order chi connectivity index (χ1) is 22.7. The van der Waals surface area contributed by atoms with E-state index in [1.807, 2.05) is 62.6 Å². The van der Waals surface area contributed by atoms with Crippen molar-refractivity contribution < 1.29 is 24.6 Å². The van der Waals surface area contributed by atoms with E-state index in [4.69, 9.17) is 4.84 Å². The smallest absolute Gasteiger partial charge is 0.251 e. The van der Waals surface area contributed by atoms with Gasteiger partial charge in [0.2, 0.25) is 5.91 Å². The average Bonchev–Trinajstić information content (AvgIpc) is 3.39. The van der Waals surface area contributed by atoms with Crippen LogP contribution in [-0.4, -0.2) is 89.6 Å². The number of nitrogens with zero attached hydrogens (tertiary/aromatic N) is 2. The van der Waals surface area contributed by atoms with Crippen LogP contribution in [0.4, 0.5) is 0 Å². The highest BCUT2D eigenvalue weighted by atomic mass is 16.7. The van der Waals surface area contributed by atoms with Crippen molar-refractivity contribution in [1.29, 1.82) is 0 Å². The molecule has 1 saturated heterocycles. The summed E-state index contributed by atoms with van der Waals surface area (Å²) in [5.41, 5.74) is 3.69. The summed E-state index contributed by atoms with van der Waals surface area (Å²) in [4.78, 5) is 35.7. The van der Waals surface area contributed by atoms with E-state index in [0.29, 0.717) is 41.2 Å². The molecule has 264 valence electrons. The second-order valence-corrected chi connectivity index (χ2v) is 16.1. The predicted molar refractivity (Wildman–Crippen MR) is 189 cm³/mol. The van der Waals surface area contributed by atoms with Crippen LogP contribution in [0.2, 0.25) is 0 Å². The molecule has 6 rings (SSSR count). The van der Waals surface area contributed by atoms with Crippen molar-refractivity contribution in [3.63, 3.8) is 0 Å². The van der Waals surface area contributed by atoms with Gasteiger partial charge >= 0.3 is 0 Å². The van der Waals surface area contributed by atoms with Gasteiger partial charge in [-0.3, -0.25) is 14.4 Å². The molecule has 1 aliphatic heterocycles. The average molecular weight is 663 g/mol. The fraction of sp³-hybridized carbons (Fsp3) is 0.641. The molecule has 9 heteroatoms. The zero-order valence-electron chi connectivity index (χ0n) is 30.1. The van der Waals surface area contributed by atoms with Crippen molar-refractivity contribution in [2.24, 2.45) is 35.0 Å². The molecule has 4 fully saturated rings. The monoisotopic (exact) mass is 662 g/mol. The Morgan fingerprint density at radius 2 is 1.75 bits per heavy atom. The van der Waals surface area contributed by atoms with E-state index in [-0.39, 0.29) is 30.5 Å². The number of carbonyl (C=O) groups is 2. The SMILES string of the molecule is CC(C)C[C@H](CN(C)C)NC(=O)c1cccc(-c2cccc(CN3O[C@@H](CO)[C@@H]([C@H](C)O)[C@H]3C(=O)N[C@H]3C[C@H]4C[C@@H]([C@@H]3C)C4(C)C)c2)c1. The zero-order valence-corrected chi connectivity index (χ0v) is 30.1. The number of nitrogens with one attached hydrogen (secondary N) is 2. The van der Waals surface area contributed by atoms with Crippen molar-refractivity contribution in [1.82, 2.24) is 20.6 Å².